The molecule has 2 amide bonds. The molecule has 1 aliphatic rings. The van der Waals surface area contributed by atoms with Crippen molar-refractivity contribution >= 4 is 23.2 Å². The number of fused-ring (bicyclic) bond motifs is 1. The van der Waals surface area contributed by atoms with Gasteiger partial charge in [-0.1, -0.05) is 12.1 Å². The molecule has 0 saturated heterocycles. The maximum atomic E-state index is 13.8. The summed E-state index contributed by atoms with van der Waals surface area (Å²) in [7, 11) is 0. The summed E-state index contributed by atoms with van der Waals surface area (Å²) in [5.74, 6) is -0.772. The van der Waals surface area contributed by atoms with E-state index in [4.69, 9.17) is 4.42 Å². The zero-order chi connectivity index (χ0) is 21.1. The summed E-state index contributed by atoms with van der Waals surface area (Å²) >= 11 is 0. The monoisotopic (exact) mass is 406 g/mol. The summed E-state index contributed by atoms with van der Waals surface area (Å²) in [4.78, 5) is 28.9. The minimum Gasteiger partial charge on any atom is -0.455 e. The number of amides is 2. The predicted molar refractivity (Wildman–Crippen MR) is 109 cm³/mol. The van der Waals surface area contributed by atoms with E-state index in [0.717, 1.165) is 12.0 Å². The van der Waals surface area contributed by atoms with Crippen molar-refractivity contribution in [3.05, 3.63) is 82.8 Å². The summed E-state index contributed by atoms with van der Waals surface area (Å²) in [6, 6.07) is 9.06. The highest BCUT2D eigenvalue weighted by molar-refractivity contribution is 6.09. The lowest BCUT2D eigenvalue weighted by Crippen LogP contribution is -2.23. The molecule has 3 aromatic rings. The van der Waals surface area contributed by atoms with Crippen LogP contribution < -0.4 is 10.7 Å². The molecule has 2 N–H and O–H groups in total. The number of anilines is 1. The van der Waals surface area contributed by atoms with E-state index < -0.39 is 11.7 Å². The third kappa shape index (κ3) is 3.84. The Labute approximate surface area is 172 Å². The molecule has 0 aliphatic heterocycles. The van der Waals surface area contributed by atoms with Crippen LogP contribution >= 0.6 is 0 Å². The highest BCUT2D eigenvalue weighted by atomic mass is 19.1. The maximum Gasteiger partial charge on any atom is 0.291 e. The quantitative estimate of drug-likeness (QED) is 0.644. The fourth-order valence-electron chi connectivity index (χ4n) is 3.44. The van der Waals surface area contributed by atoms with Crippen LogP contribution in [0.2, 0.25) is 0 Å². The van der Waals surface area contributed by atoms with Crippen LogP contribution in [0.5, 0.6) is 0 Å². The number of hydrazone groups is 1. The molecule has 2 aromatic heterocycles. The molecule has 30 heavy (non-hydrogen) atoms. The minimum absolute atomic E-state index is 0.0841. The fraction of sp³-hybridized carbons (Fsp3) is 0.182. The van der Waals surface area contributed by atoms with Crippen LogP contribution in [0, 0.1) is 12.7 Å². The van der Waals surface area contributed by atoms with Crippen molar-refractivity contribution in [1.29, 1.82) is 0 Å². The minimum atomic E-state index is -0.635. The highest BCUT2D eigenvalue weighted by Crippen LogP contribution is 2.30. The molecule has 0 spiro atoms. The summed E-state index contributed by atoms with van der Waals surface area (Å²) in [6.45, 7) is 1.78. The van der Waals surface area contributed by atoms with Gasteiger partial charge < -0.3 is 9.73 Å². The van der Waals surface area contributed by atoms with Crippen molar-refractivity contribution in [2.24, 2.45) is 5.10 Å². The summed E-state index contributed by atoms with van der Waals surface area (Å²) in [5, 5.41) is 6.99. The van der Waals surface area contributed by atoms with Crippen LogP contribution in [0.4, 0.5) is 10.1 Å². The Kier molecular flexibility index (Phi) is 5.38. The van der Waals surface area contributed by atoms with Gasteiger partial charge in [-0.15, -0.1) is 0 Å². The Balaban J connectivity index is 1.58. The predicted octanol–water partition coefficient (Wildman–Crippen LogP) is 3.84. The molecule has 7 nitrogen and oxygen atoms in total. The number of nitrogens with one attached hydrogen (secondary N) is 2. The van der Waals surface area contributed by atoms with Crippen LogP contribution in [0.15, 0.2) is 58.3 Å². The average molecular weight is 406 g/mol. The second-order valence-corrected chi connectivity index (χ2v) is 6.88. The van der Waals surface area contributed by atoms with Gasteiger partial charge in [0.05, 0.1) is 11.3 Å². The number of benzene rings is 1. The highest BCUT2D eigenvalue weighted by Gasteiger charge is 2.28. The number of nitrogens with zero attached hydrogens (tertiary/aromatic N) is 2. The van der Waals surface area contributed by atoms with Gasteiger partial charge in [-0.25, -0.2) is 9.82 Å². The smallest absolute Gasteiger partial charge is 0.291 e. The van der Waals surface area contributed by atoms with Crippen molar-refractivity contribution in [3.63, 3.8) is 0 Å². The van der Waals surface area contributed by atoms with E-state index >= 15 is 0 Å². The number of carbonyl (C=O) groups excluding carboxylic acids is 2. The summed E-state index contributed by atoms with van der Waals surface area (Å²) in [6.07, 6.45) is 5.20. The van der Waals surface area contributed by atoms with E-state index in [9.17, 15) is 14.0 Å². The van der Waals surface area contributed by atoms with Gasteiger partial charge in [0.1, 0.15) is 11.6 Å². The molecule has 0 bridgehead atoms. The number of hydrogen-bond donors (Lipinski definition) is 2. The van der Waals surface area contributed by atoms with Gasteiger partial charge in [0.2, 0.25) is 0 Å². The molecule has 152 valence electrons. The van der Waals surface area contributed by atoms with Crippen molar-refractivity contribution in [1.82, 2.24) is 10.4 Å². The zero-order valence-corrected chi connectivity index (χ0v) is 16.2. The first-order valence-corrected chi connectivity index (χ1v) is 9.50. The Morgan fingerprint density at radius 2 is 1.87 bits per heavy atom. The number of aromatic nitrogens is 1. The maximum absolute atomic E-state index is 13.8. The number of pyridine rings is 1. The van der Waals surface area contributed by atoms with Crippen molar-refractivity contribution < 1.29 is 18.4 Å². The van der Waals surface area contributed by atoms with E-state index in [1.165, 1.54) is 18.2 Å². The van der Waals surface area contributed by atoms with Gasteiger partial charge >= 0.3 is 0 Å². The fourth-order valence-corrected chi connectivity index (χ4v) is 3.44. The standard InChI is InChI=1S/C22H19FN4O3/c1-13-19-17(26-27-21(28)15-5-2-3-6-16(15)23)7-4-8-18(19)30-20(13)22(29)25-14-9-11-24-12-10-14/h2-3,5-6,9-12H,4,7-8H2,1H3,(H,27,28)(H,24,25,29)/b26-17+. The van der Waals surface area contributed by atoms with E-state index in [-0.39, 0.29) is 17.2 Å². The van der Waals surface area contributed by atoms with Crippen LogP contribution in [-0.4, -0.2) is 22.5 Å². The molecule has 0 fully saturated rings. The lowest BCUT2D eigenvalue weighted by molar-refractivity contribution is 0.0949. The van der Waals surface area contributed by atoms with Crippen LogP contribution in [0.3, 0.4) is 0 Å². The topological polar surface area (TPSA) is 96.6 Å². The number of hydrogen-bond acceptors (Lipinski definition) is 5. The van der Waals surface area contributed by atoms with Crippen LogP contribution in [0.25, 0.3) is 0 Å². The molecule has 0 radical (unpaired) electrons. The van der Waals surface area contributed by atoms with Gasteiger partial charge in [0.15, 0.2) is 5.76 Å². The van der Waals surface area contributed by atoms with Crippen molar-refractivity contribution in [2.45, 2.75) is 26.2 Å². The van der Waals surface area contributed by atoms with E-state index in [1.807, 2.05) is 0 Å². The van der Waals surface area contributed by atoms with Crippen LogP contribution in [0.1, 0.15) is 50.6 Å². The molecule has 4 rings (SSSR count). The molecule has 1 aliphatic carbocycles. The normalized spacial score (nSPS) is 14.3. The molecular formula is C22H19FN4O3. The first-order valence-electron chi connectivity index (χ1n) is 9.50. The van der Waals surface area contributed by atoms with Gasteiger partial charge in [-0.3, -0.25) is 14.6 Å². The molecular weight excluding hydrogens is 387 g/mol. The lowest BCUT2D eigenvalue weighted by atomic mass is 9.93. The van der Waals surface area contributed by atoms with Gasteiger partial charge in [0.25, 0.3) is 11.8 Å². The Hall–Kier alpha value is -3.81. The van der Waals surface area contributed by atoms with E-state index in [1.54, 1.807) is 37.5 Å². The molecule has 1 aromatic carbocycles. The van der Waals surface area contributed by atoms with Crippen molar-refractivity contribution in [2.75, 3.05) is 5.32 Å². The first kappa shape index (κ1) is 19.5. The Bertz CT molecular complexity index is 1140. The molecule has 0 unspecified atom stereocenters. The summed E-state index contributed by atoms with van der Waals surface area (Å²) in [5.41, 5.74) is 4.91. The zero-order valence-electron chi connectivity index (χ0n) is 16.2. The van der Waals surface area contributed by atoms with E-state index in [2.05, 4.69) is 20.8 Å². The third-order valence-electron chi connectivity index (χ3n) is 4.88. The molecule has 0 atom stereocenters. The van der Waals surface area contributed by atoms with Gasteiger partial charge in [-0.2, -0.15) is 5.10 Å². The number of aryl methyl sites for hydroxylation is 1. The van der Waals surface area contributed by atoms with Gasteiger partial charge in [-0.05, 0) is 44.0 Å². The van der Waals surface area contributed by atoms with E-state index in [0.29, 0.717) is 35.6 Å². The number of rotatable bonds is 4. The summed E-state index contributed by atoms with van der Waals surface area (Å²) < 4.78 is 19.6. The lowest BCUT2D eigenvalue weighted by Gasteiger charge is -2.13. The Morgan fingerprint density at radius 3 is 2.63 bits per heavy atom. The Morgan fingerprint density at radius 1 is 1.10 bits per heavy atom. The average Bonchev–Trinajstić information content (AvgIpc) is 3.10. The van der Waals surface area contributed by atoms with Crippen molar-refractivity contribution in [3.8, 4) is 0 Å². The number of furan rings is 1. The van der Waals surface area contributed by atoms with Gasteiger partial charge in [0, 0.05) is 35.6 Å². The molecule has 8 heteroatoms. The molecule has 2 heterocycles. The third-order valence-corrected chi connectivity index (χ3v) is 4.88. The number of carbonyl (C=O) groups is 2. The molecule has 0 saturated carbocycles. The largest absolute Gasteiger partial charge is 0.455 e. The SMILES string of the molecule is Cc1c(C(=O)Nc2ccncc2)oc2c1/C(=N/NC(=O)c1ccccc1F)CCC2. The second kappa shape index (κ2) is 8.28. The van der Waals surface area contributed by atoms with Crippen LogP contribution in [-0.2, 0) is 6.42 Å². The number of halogens is 1. The second-order valence-electron chi connectivity index (χ2n) is 6.88. The first-order chi connectivity index (χ1) is 14.5.